The van der Waals surface area contributed by atoms with E-state index in [0.29, 0.717) is 12.0 Å². The second-order valence-corrected chi connectivity index (χ2v) is 6.53. The lowest BCUT2D eigenvalue weighted by Gasteiger charge is -2.42. The van der Waals surface area contributed by atoms with Gasteiger partial charge in [-0.15, -0.1) is 0 Å². The summed E-state index contributed by atoms with van der Waals surface area (Å²) in [5.41, 5.74) is 1.38. The number of aliphatic imine (C=N–C) groups is 1. The second-order valence-electron chi connectivity index (χ2n) is 6.53. The lowest BCUT2D eigenvalue weighted by Crippen LogP contribution is -2.46. The van der Waals surface area contributed by atoms with Crippen LogP contribution >= 0.6 is 0 Å². The summed E-state index contributed by atoms with van der Waals surface area (Å²) < 4.78 is 16.1. The van der Waals surface area contributed by atoms with Crippen molar-refractivity contribution in [2.75, 3.05) is 41.5 Å². The molecule has 1 fully saturated rings. The van der Waals surface area contributed by atoms with E-state index in [9.17, 15) is 0 Å². The first-order valence-electron chi connectivity index (χ1n) is 8.81. The largest absolute Gasteiger partial charge is 0.493 e. The Bertz CT molecular complexity index is 571. The molecule has 0 spiro atoms. The molecule has 0 heterocycles. The summed E-state index contributed by atoms with van der Waals surface area (Å²) in [7, 11) is 6.86. The summed E-state index contributed by atoms with van der Waals surface area (Å²) in [6.07, 6.45) is 4.91. The fraction of sp³-hybridized carbons (Fsp3) is 0.632. The number of nitrogens with zero attached hydrogens (tertiary/aromatic N) is 1. The standard InChI is InChI=1S/C19H31N3O3/c1-20-18(22-14-19(9-6-10-19)11-12-23-2)21-13-15-7-5-8-16(24-3)17(15)25-4/h5,7-8H,6,9-14H2,1-4H3,(H2,20,21,22). The number of hydrogen-bond acceptors (Lipinski definition) is 4. The molecule has 0 saturated heterocycles. The number of ether oxygens (including phenoxy) is 3. The van der Waals surface area contributed by atoms with Crippen LogP contribution in [0.4, 0.5) is 0 Å². The third-order valence-corrected chi connectivity index (χ3v) is 5.04. The molecule has 140 valence electrons. The summed E-state index contributed by atoms with van der Waals surface area (Å²) >= 11 is 0. The van der Waals surface area contributed by atoms with E-state index < -0.39 is 0 Å². The van der Waals surface area contributed by atoms with Crippen molar-refractivity contribution >= 4 is 5.96 Å². The molecule has 25 heavy (non-hydrogen) atoms. The number of hydrogen-bond donors (Lipinski definition) is 2. The highest BCUT2D eigenvalue weighted by atomic mass is 16.5. The lowest BCUT2D eigenvalue weighted by molar-refractivity contribution is 0.0732. The van der Waals surface area contributed by atoms with Gasteiger partial charge in [0, 0.05) is 39.4 Å². The Morgan fingerprint density at radius 2 is 1.96 bits per heavy atom. The van der Waals surface area contributed by atoms with E-state index in [1.165, 1.54) is 19.3 Å². The van der Waals surface area contributed by atoms with Gasteiger partial charge in [-0.2, -0.15) is 0 Å². The van der Waals surface area contributed by atoms with Crippen LogP contribution in [0.1, 0.15) is 31.2 Å². The van der Waals surface area contributed by atoms with Crippen molar-refractivity contribution in [3.8, 4) is 11.5 Å². The number of benzene rings is 1. The first-order valence-corrected chi connectivity index (χ1v) is 8.81. The second kappa shape index (κ2) is 9.51. The molecule has 0 amide bonds. The minimum absolute atomic E-state index is 0.348. The smallest absolute Gasteiger partial charge is 0.191 e. The maximum absolute atomic E-state index is 5.48. The van der Waals surface area contributed by atoms with Gasteiger partial charge in [-0.1, -0.05) is 18.6 Å². The van der Waals surface area contributed by atoms with Crippen LogP contribution in [0.15, 0.2) is 23.2 Å². The highest BCUT2D eigenvalue weighted by molar-refractivity contribution is 5.79. The number of nitrogens with one attached hydrogen (secondary N) is 2. The summed E-state index contributed by atoms with van der Waals surface area (Å²) in [4.78, 5) is 4.33. The molecule has 0 atom stereocenters. The molecule has 1 saturated carbocycles. The van der Waals surface area contributed by atoms with Gasteiger partial charge < -0.3 is 24.8 Å². The Morgan fingerprint density at radius 1 is 1.16 bits per heavy atom. The average molecular weight is 349 g/mol. The molecule has 2 N–H and O–H groups in total. The topological polar surface area (TPSA) is 64.1 Å². The third kappa shape index (κ3) is 5.01. The Balaban J connectivity index is 1.91. The van der Waals surface area contributed by atoms with E-state index in [0.717, 1.165) is 42.6 Å². The van der Waals surface area contributed by atoms with Crippen molar-refractivity contribution in [1.82, 2.24) is 10.6 Å². The highest BCUT2D eigenvalue weighted by Crippen LogP contribution is 2.43. The van der Waals surface area contributed by atoms with E-state index in [2.05, 4.69) is 15.6 Å². The van der Waals surface area contributed by atoms with Crippen molar-refractivity contribution in [2.45, 2.75) is 32.2 Å². The maximum atomic E-state index is 5.48. The molecular formula is C19H31N3O3. The fourth-order valence-corrected chi connectivity index (χ4v) is 3.27. The third-order valence-electron chi connectivity index (χ3n) is 5.04. The van der Waals surface area contributed by atoms with Crippen LogP contribution in [0.3, 0.4) is 0 Å². The SMILES string of the molecule is CN=C(NCc1cccc(OC)c1OC)NCC1(CCOC)CCC1. The lowest BCUT2D eigenvalue weighted by atomic mass is 9.67. The van der Waals surface area contributed by atoms with Crippen LogP contribution in [0.25, 0.3) is 0 Å². The quantitative estimate of drug-likeness (QED) is 0.530. The summed E-state index contributed by atoms with van der Waals surface area (Å²) in [6, 6.07) is 5.88. The number of methoxy groups -OCH3 is 3. The van der Waals surface area contributed by atoms with Crippen LogP contribution < -0.4 is 20.1 Å². The molecular weight excluding hydrogens is 318 g/mol. The predicted octanol–water partition coefficient (Wildman–Crippen LogP) is 2.58. The van der Waals surface area contributed by atoms with E-state index in [1.54, 1.807) is 28.4 Å². The van der Waals surface area contributed by atoms with E-state index >= 15 is 0 Å². The average Bonchev–Trinajstić information content (AvgIpc) is 2.62. The summed E-state index contributed by atoms with van der Waals surface area (Å²) in [5.74, 6) is 2.29. The molecule has 1 aromatic carbocycles. The van der Waals surface area contributed by atoms with Crippen molar-refractivity contribution in [2.24, 2.45) is 10.4 Å². The summed E-state index contributed by atoms with van der Waals surface area (Å²) in [6.45, 7) is 2.35. The van der Waals surface area contributed by atoms with E-state index in [4.69, 9.17) is 14.2 Å². The van der Waals surface area contributed by atoms with Gasteiger partial charge >= 0.3 is 0 Å². The summed E-state index contributed by atoms with van der Waals surface area (Å²) in [5, 5.41) is 6.83. The number of guanidine groups is 1. The van der Waals surface area contributed by atoms with Gasteiger partial charge in [-0.25, -0.2) is 0 Å². The molecule has 1 aliphatic rings. The van der Waals surface area contributed by atoms with Crippen LogP contribution in [-0.2, 0) is 11.3 Å². The first kappa shape index (κ1) is 19.4. The number of rotatable bonds is 9. The van der Waals surface area contributed by atoms with Gasteiger partial charge in [0.25, 0.3) is 0 Å². The Kier molecular flexibility index (Phi) is 7.37. The molecule has 0 aliphatic heterocycles. The molecule has 0 radical (unpaired) electrons. The van der Waals surface area contributed by atoms with Crippen molar-refractivity contribution < 1.29 is 14.2 Å². The molecule has 2 rings (SSSR count). The predicted molar refractivity (Wildman–Crippen MR) is 101 cm³/mol. The zero-order valence-electron chi connectivity index (χ0n) is 15.9. The molecule has 1 aliphatic carbocycles. The van der Waals surface area contributed by atoms with E-state index in [1.807, 2.05) is 18.2 Å². The zero-order chi connectivity index (χ0) is 18.1. The minimum atomic E-state index is 0.348. The van der Waals surface area contributed by atoms with Crippen molar-refractivity contribution in [1.29, 1.82) is 0 Å². The zero-order valence-corrected chi connectivity index (χ0v) is 15.9. The highest BCUT2D eigenvalue weighted by Gasteiger charge is 2.36. The molecule has 6 nitrogen and oxygen atoms in total. The monoisotopic (exact) mass is 349 g/mol. The Labute approximate surface area is 151 Å². The molecule has 0 unspecified atom stereocenters. The Hall–Kier alpha value is -1.95. The maximum Gasteiger partial charge on any atom is 0.191 e. The van der Waals surface area contributed by atoms with Gasteiger partial charge in [0.2, 0.25) is 0 Å². The normalized spacial score (nSPS) is 16.1. The molecule has 1 aromatic rings. The Morgan fingerprint density at radius 3 is 2.52 bits per heavy atom. The molecule has 0 aromatic heterocycles. The number of para-hydroxylation sites is 1. The van der Waals surface area contributed by atoms with Gasteiger partial charge in [0.1, 0.15) is 0 Å². The van der Waals surface area contributed by atoms with Crippen LogP contribution in [0.5, 0.6) is 11.5 Å². The minimum Gasteiger partial charge on any atom is -0.493 e. The van der Waals surface area contributed by atoms with Crippen molar-refractivity contribution in [3.63, 3.8) is 0 Å². The van der Waals surface area contributed by atoms with Gasteiger partial charge in [0.15, 0.2) is 17.5 Å². The van der Waals surface area contributed by atoms with Crippen LogP contribution in [0.2, 0.25) is 0 Å². The van der Waals surface area contributed by atoms with Crippen LogP contribution in [0, 0.1) is 5.41 Å². The molecule has 0 bridgehead atoms. The first-order chi connectivity index (χ1) is 12.2. The van der Waals surface area contributed by atoms with Gasteiger partial charge in [-0.05, 0) is 30.7 Å². The van der Waals surface area contributed by atoms with Crippen LogP contribution in [-0.4, -0.2) is 47.5 Å². The van der Waals surface area contributed by atoms with Crippen molar-refractivity contribution in [3.05, 3.63) is 23.8 Å². The fourth-order valence-electron chi connectivity index (χ4n) is 3.27. The van der Waals surface area contributed by atoms with Gasteiger partial charge in [-0.3, -0.25) is 4.99 Å². The van der Waals surface area contributed by atoms with E-state index in [-0.39, 0.29) is 0 Å². The van der Waals surface area contributed by atoms with Gasteiger partial charge in [0.05, 0.1) is 14.2 Å². The molecule has 6 heteroatoms.